The average Bonchev–Trinajstić information content (AvgIpc) is 2.91. The zero-order valence-corrected chi connectivity index (χ0v) is 15.5. The number of nitrogens with zero attached hydrogens (tertiary/aromatic N) is 1. The first-order valence-electron chi connectivity index (χ1n) is 8.48. The Bertz CT molecular complexity index is 943. The van der Waals surface area contributed by atoms with Gasteiger partial charge in [-0.2, -0.15) is 0 Å². The van der Waals surface area contributed by atoms with E-state index in [0.717, 1.165) is 22.2 Å². The molecule has 0 bridgehead atoms. The summed E-state index contributed by atoms with van der Waals surface area (Å²) >= 11 is 0.719. The third-order valence-corrected chi connectivity index (χ3v) is 4.90. The van der Waals surface area contributed by atoms with Crippen LogP contribution in [0.3, 0.4) is 0 Å². The van der Waals surface area contributed by atoms with Gasteiger partial charge in [-0.3, -0.25) is 19.3 Å². The molecule has 2 N–H and O–H groups in total. The van der Waals surface area contributed by atoms with Gasteiger partial charge in [0.2, 0.25) is 5.91 Å². The van der Waals surface area contributed by atoms with Gasteiger partial charge in [-0.15, -0.1) is 0 Å². The van der Waals surface area contributed by atoms with Crippen molar-refractivity contribution in [1.29, 1.82) is 0 Å². The van der Waals surface area contributed by atoms with Crippen molar-refractivity contribution in [3.8, 4) is 5.75 Å². The molecule has 0 radical (unpaired) electrons. The molecule has 1 saturated heterocycles. The number of phenolic OH excluding ortho intramolecular Hbond substituents is 1. The van der Waals surface area contributed by atoms with Gasteiger partial charge in [0.1, 0.15) is 18.1 Å². The number of halogens is 1. The van der Waals surface area contributed by atoms with Crippen molar-refractivity contribution in [2.75, 3.05) is 13.1 Å². The van der Waals surface area contributed by atoms with Crippen molar-refractivity contribution in [2.45, 2.75) is 6.42 Å². The molecule has 1 fully saturated rings. The third kappa shape index (κ3) is 4.98. The maximum Gasteiger partial charge on any atom is 0.294 e. The highest BCUT2D eigenvalue weighted by atomic mass is 32.2. The minimum Gasteiger partial charge on any atom is -0.508 e. The molecule has 0 aliphatic carbocycles. The Morgan fingerprint density at radius 3 is 2.64 bits per heavy atom. The van der Waals surface area contributed by atoms with Crippen molar-refractivity contribution in [3.63, 3.8) is 0 Å². The highest BCUT2D eigenvalue weighted by molar-refractivity contribution is 8.18. The maximum absolute atomic E-state index is 13.3. The number of carbonyl (C=O) groups is 3. The summed E-state index contributed by atoms with van der Waals surface area (Å²) in [7, 11) is 0. The average molecular weight is 400 g/mol. The lowest BCUT2D eigenvalue weighted by molar-refractivity contribution is -0.129. The molecule has 2 aromatic rings. The number of nitrogens with one attached hydrogen (secondary N) is 1. The molecular formula is C20H17FN2O4S. The van der Waals surface area contributed by atoms with Crippen LogP contribution in [0.5, 0.6) is 5.75 Å². The molecule has 1 heterocycles. The lowest BCUT2D eigenvalue weighted by Crippen LogP contribution is -2.40. The van der Waals surface area contributed by atoms with Gasteiger partial charge in [-0.05, 0) is 59.7 Å². The van der Waals surface area contributed by atoms with Crippen LogP contribution in [0.15, 0.2) is 53.4 Å². The highest BCUT2D eigenvalue weighted by Gasteiger charge is 2.36. The molecule has 3 amide bonds. The van der Waals surface area contributed by atoms with Gasteiger partial charge >= 0.3 is 0 Å². The van der Waals surface area contributed by atoms with Crippen LogP contribution < -0.4 is 5.32 Å². The van der Waals surface area contributed by atoms with E-state index in [4.69, 9.17) is 0 Å². The first kappa shape index (κ1) is 19.6. The summed E-state index contributed by atoms with van der Waals surface area (Å²) in [6.07, 6.45) is 1.98. The fraction of sp³-hybridized carbons (Fsp3) is 0.150. The van der Waals surface area contributed by atoms with E-state index in [2.05, 4.69) is 5.32 Å². The van der Waals surface area contributed by atoms with Gasteiger partial charge in [-0.1, -0.05) is 24.3 Å². The largest absolute Gasteiger partial charge is 0.508 e. The Kier molecular flexibility index (Phi) is 6.10. The van der Waals surface area contributed by atoms with E-state index in [9.17, 15) is 23.9 Å². The molecule has 1 aliphatic rings. The van der Waals surface area contributed by atoms with Crippen molar-refractivity contribution in [2.24, 2.45) is 0 Å². The first-order valence-corrected chi connectivity index (χ1v) is 9.29. The topological polar surface area (TPSA) is 86.7 Å². The maximum atomic E-state index is 13.3. The normalized spacial score (nSPS) is 15.3. The minimum atomic E-state index is -0.576. The van der Waals surface area contributed by atoms with Crippen LogP contribution in [0.2, 0.25) is 0 Å². The lowest BCUT2D eigenvalue weighted by Gasteiger charge is -2.12. The number of rotatable bonds is 6. The van der Waals surface area contributed by atoms with E-state index in [-0.39, 0.29) is 17.2 Å². The summed E-state index contributed by atoms with van der Waals surface area (Å²) in [5.74, 6) is -1.31. The number of hydrogen-bond acceptors (Lipinski definition) is 5. The van der Waals surface area contributed by atoms with Crippen LogP contribution >= 0.6 is 11.8 Å². The first-order chi connectivity index (χ1) is 13.4. The number of imide groups is 1. The molecular weight excluding hydrogens is 383 g/mol. The van der Waals surface area contributed by atoms with Crippen LogP contribution in [0, 0.1) is 5.82 Å². The monoisotopic (exact) mass is 400 g/mol. The van der Waals surface area contributed by atoms with Gasteiger partial charge in [0.15, 0.2) is 0 Å². The van der Waals surface area contributed by atoms with Crippen molar-refractivity contribution < 1.29 is 23.9 Å². The number of phenols is 1. The smallest absolute Gasteiger partial charge is 0.294 e. The Hall–Kier alpha value is -3.13. The standard InChI is InChI=1S/C20H17FN2O4S/c21-15-3-1-2-14(10-15)11-17-19(26)23(20(27)28-17)12-18(25)22-9-8-13-4-6-16(24)7-5-13/h1-7,10-11,24H,8-9,12H2,(H,22,25). The molecule has 144 valence electrons. The number of hydrogen-bond donors (Lipinski definition) is 2. The molecule has 3 rings (SSSR count). The van der Waals surface area contributed by atoms with E-state index < -0.39 is 22.9 Å². The Morgan fingerprint density at radius 1 is 1.18 bits per heavy atom. The molecule has 0 spiro atoms. The van der Waals surface area contributed by atoms with Crippen LogP contribution in [0.4, 0.5) is 9.18 Å². The number of thioether (sulfide) groups is 1. The van der Waals surface area contributed by atoms with Crippen molar-refractivity contribution >= 4 is 34.9 Å². The molecule has 0 saturated carbocycles. The second kappa shape index (κ2) is 8.71. The van der Waals surface area contributed by atoms with E-state index in [1.165, 1.54) is 24.3 Å². The van der Waals surface area contributed by atoms with Crippen LogP contribution in [-0.2, 0) is 16.0 Å². The third-order valence-electron chi connectivity index (χ3n) is 3.99. The summed E-state index contributed by atoms with van der Waals surface area (Å²) in [5.41, 5.74) is 1.39. The summed E-state index contributed by atoms with van der Waals surface area (Å²) < 4.78 is 13.3. The molecule has 0 unspecified atom stereocenters. The summed E-state index contributed by atoms with van der Waals surface area (Å²) in [6.45, 7) is -0.0420. The fourth-order valence-corrected chi connectivity index (χ4v) is 3.43. The number of benzene rings is 2. The Morgan fingerprint density at radius 2 is 1.93 bits per heavy atom. The fourth-order valence-electron chi connectivity index (χ4n) is 2.59. The number of amides is 3. The summed E-state index contributed by atoms with van der Waals surface area (Å²) in [5, 5.41) is 11.4. The molecule has 0 atom stereocenters. The molecule has 1 aliphatic heterocycles. The van der Waals surface area contributed by atoms with Crippen LogP contribution in [-0.4, -0.2) is 40.1 Å². The van der Waals surface area contributed by atoms with Crippen LogP contribution in [0.25, 0.3) is 6.08 Å². The zero-order valence-electron chi connectivity index (χ0n) is 14.7. The Labute approximate surface area is 165 Å². The molecule has 8 heteroatoms. The van der Waals surface area contributed by atoms with E-state index >= 15 is 0 Å². The lowest BCUT2D eigenvalue weighted by atomic mass is 10.1. The SMILES string of the molecule is O=C(CN1C(=O)SC(=Cc2cccc(F)c2)C1=O)NCCc1ccc(O)cc1. The van der Waals surface area contributed by atoms with Gasteiger partial charge in [-0.25, -0.2) is 4.39 Å². The van der Waals surface area contributed by atoms with Gasteiger partial charge in [0, 0.05) is 6.54 Å². The highest BCUT2D eigenvalue weighted by Crippen LogP contribution is 2.32. The van der Waals surface area contributed by atoms with E-state index in [1.54, 1.807) is 30.3 Å². The van der Waals surface area contributed by atoms with E-state index in [1.807, 2.05) is 0 Å². The predicted molar refractivity (Wildman–Crippen MR) is 104 cm³/mol. The van der Waals surface area contributed by atoms with Gasteiger partial charge in [0.05, 0.1) is 4.91 Å². The van der Waals surface area contributed by atoms with Crippen LogP contribution in [0.1, 0.15) is 11.1 Å². The molecule has 28 heavy (non-hydrogen) atoms. The zero-order chi connectivity index (χ0) is 20.1. The second-order valence-corrected chi connectivity index (χ2v) is 7.08. The van der Waals surface area contributed by atoms with Gasteiger partial charge in [0.25, 0.3) is 11.1 Å². The predicted octanol–water partition coefficient (Wildman–Crippen LogP) is 2.93. The van der Waals surface area contributed by atoms with E-state index in [0.29, 0.717) is 18.5 Å². The van der Waals surface area contributed by atoms with Gasteiger partial charge < -0.3 is 10.4 Å². The molecule has 0 aromatic heterocycles. The summed E-state index contributed by atoms with van der Waals surface area (Å²) in [4.78, 5) is 37.5. The summed E-state index contributed by atoms with van der Waals surface area (Å²) in [6, 6.07) is 12.3. The quantitative estimate of drug-likeness (QED) is 0.728. The molecule has 2 aromatic carbocycles. The van der Waals surface area contributed by atoms with Crippen molar-refractivity contribution in [3.05, 3.63) is 70.4 Å². The Balaban J connectivity index is 1.54. The minimum absolute atomic E-state index is 0.146. The number of carbonyl (C=O) groups excluding carboxylic acids is 3. The number of aromatic hydroxyl groups is 1. The second-order valence-electron chi connectivity index (χ2n) is 6.09. The molecule has 6 nitrogen and oxygen atoms in total. The van der Waals surface area contributed by atoms with Crippen molar-refractivity contribution in [1.82, 2.24) is 10.2 Å².